The van der Waals surface area contributed by atoms with Crippen LogP contribution in [0.15, 0.2) is 97.5 Å². The lowest BCUT2D eigenvalue weighted by Crippen LogP contribution is -2.28. The molecule has 2 aromatic carbocycles. The van der Waals surface area contributed by atoms with Crippen molar-refractivity contribution in [2.24, 2.45) is 0 Å². The summed E-state index contributed by atoms with van der Waals surface area (Å²) in [5.74, 6) is -0.202. The van der Waals surface area contributed by atoms with Crippen LogP contribution in [0.1, 0.15) is 21.6 Å². The number of aryl methyl sites for hydroxylation is 2. The summed E-state index contributed by atoms with van der Waals surface area (Å²) in [6.45, 7) is 1.10. The molecule has 3 amide bonds. The fraction of sp³-hybridized carbons (Fsp3) is 0.115. The van der Waals surface area contributed by atoms with Crippen LogP contribution < -0.4 is 16.0 Å². The summed E-state index contributed by atoms with van der Waals surface area (Å²) in [6, 6.07) is 24.2. The van der Waals surface area contributed by atoms with Gasteiger partial charge in [-0.15, -0.1) is 0 Å². The molecule has 4 rings (SSSR count). The predicted molar refractivity (Wildman–Crippen MR) is 129 cm³/mol. The van der Waals surface area contributed by atoms with Crippen molar-refractivity contribution in [3.05, 3.63) is 114 Å². The van der Waals surface area contributed by atoms with Crippen molar-refractivity contribution in [2.45, 2.75) is 19.5 Å². The molecule has 166 valence electrons. The molecule has 2 heterocycles. The van der Waals surface area contributed by atoms with Gasteiger partial charge in [-0.2, -0.15) is 0 Å². The molecule has 0 bridgehead atoms. The first-order valence-electron chi connectivity index (χ1n) is 10.7. The largest absolute Gasteiger partial charge is 0.343 e. The van der Waals surface area contributed by atoms with Gasteiger partial charge in [0.15, 0.2) is 0 Å². The molecule has 0 spiro atoms. The van der Waals surface area contributed by atoms with Gasteiger partial charge in [0.1, 0.15) is 5.69 Å². The highest BCUT2D eigenvalue weighted by Gasteiger charge is 2.12. The zero-order chi connectivity index (χ0) is 22.9. The molecule has 33 heavy (non-hydrogen) atoms. The average molecular weight is 440 g/mol. The number of benzene rings is 2. The van der Waals surface area contributed by atoms with Gasteiger partial charge in [0.25, 0.3) is 5.91 Å². The average Bonchev–Trinajstić information content (AvgIpc) is 3.32. The van der Waals surface area contributed by atoms with E-state index in [-0.39, 0.29) is 11.9 Å². The maximum absolute atomic E-state index is 12.9. The molecule has 0 aliphatic rings. The maximum Gasteiger partial charge on any atom is 0.319 e. The van der Waals surface area contributed by atoms with Gasteiger partial charge in [0, 0.05) is 43.1 Å². The van der Waals surface area contributed by atoms with Gasteiger partial charge in [0.2, 0.25) is 0 Å². The number of anilines is 2. The number of aromatic nitrogens is 2. The monoisotopic (exact) mass is 439 g/mol. The lowest BCUT2D eigenvalue weighted by molar-refractivity contribution is 0.101. The number of rotatable bonds is 8. The Morgan fingerprint density at radius 3 is 2.33 bits per heavy atom. The van der Waals surface area contributed by atoms with Crippen molar-refractivity contribution in [1.82, 2.24) is 14.9 Å². The second-order valence-corrected chi connectivity index (χ2v) is 7.52. The van der Waals surface area contributed by atoms with Crippen LogP contribution >= 0.6 is 0 Å². The number of hydrogen-bond acceptors (Lipinski definition) is 3. The molecule has 4 aromatic rings. The number of hydrogen-bond donors (Lipinski definition) is 3. The number of carbonyl (C=O) groups excluding carboxylic acids is 2. The maximum atomic E-state index is 12.9. The first-order chi connectivity index (χ1) is 16.2. The van der Waals surface area contributed by atoms with Gasteiger partial charge in [-0.3, -0.25) is 9.78 Å². The van der Waals surface area contributed by atoms with E-state index in [1.165, 1.54) is 5.56 Å². The Balaban J connectivity index is 1.33. The van der Waals surface area contributed by atoms with Gasteiger partial charge in [-0.25, -0.2) is 4.79 Å². The predicted octanol–water partition coefficient (Wildman–Crippen LogP) is 4.70. The SMILES string of the molecule is O=C(NCc1ccncc1)Nc1cccc(NC(=O)c2cccn2CCc2ccccc2)c1. The summed E-state index contributed by atoms with van der Waals surface area (Å²) in [7, 11) is 0. The Bertz CT molecular complexity index is 1210. The van der Waals surface area contributed by atoms with E-state index in [4.69, 9.17) is 0 Å². The molecule has 0 unspecified atom stereocenters. The minimum absolute atomic E-state index is 0.202. The summed E-state index contributed by atoms with van der Waals surface area (Å²) < 4.78 is 1.94. The van der Waals surface area contributed by atoms with Crippen molar-refractivity contribution in [3.8, 4) is 0 Å². The highest BCUT2D eigenvalue weighted by Crippen LogP contribution is 2.17. The minimum Gasteiger partial charge on any atom is -0.343 e. The quantitative estimate of drug-likeness (QED) is 0.372. The van der Waals surface area contributed by atoms with E-state index in [9.17, 15) is 9.59 Å². The molecule has 7 heteroatoms. The molecule has 3 N–H and O–H groups in total. The van der Waals surface area contributed by atoms with Crippen molar-refractivity contribution < 1.29 is 9.59 Å². The summed E-state index contributed by atoms with van der Waals surface area (Å²) >= 11 is 0. The second-order valence-electron chi connectivity index (χ2n) is 7.52. The second kappa shape index (κ2) is 10.8. The van der Waals surface area contributed by atoms with Crippen molar-refractivity contribution in [2.75, 3.05) is 10.6 Å². The molecule has 0 radical (unpaired) electrons. The van der Waals surface area contributed by atoms with Crippen molar-refractivity contribution in [1.29, 1.82) is 0 Å². The first kappa shape index (κ1) is 21.8. The Morgan fingerprint density at radius 1 is 0.788 bits per heavy atom. The van der Waals surface area contributed by atoms with E-state index >= 15 is 0 Å². The van der Waals surface area contributed by atoms with Gasteiger partial charge >= 0.3 is 6.03 Å². The van der Waals surface area contributed by atoms with Crippen molar-refractivity contribution >= 4 is 23.3 Å². The summed E-state index contributed by atoms with van der Waals surface area (Å²) in [6.07, 6.45) is 6.10. The van der Waals surface area contributed by atoms with E-state index in [1.807, 2.05) is 47.2 Å². The van der Waals surface area contributed by atoms with E-state index in [1.54, 1.807) is 42.7 Å². The normalized spacial score (nSPS) is 10.4. The van der Waals surface area contributed by atoms with Gasteiger partial charge < -0.3 is 20.5 Å². The van der Waals surface area contributed by atoms with Gasteiger partial charge in [-0.05, 0) is 60.0 Å². The summed E-state index contributed by atoms with van der Waals surface area (Å²) in [5, 5.41) is 8.50. The lowest BCUT2D eigenvalue weighted by atomic mass is 10.1. The zero-order valence-corrected chi connectivity index (χ0v) is 18.1. The molecule has 0 atom stereocenters. The smallest absolute Gasteiger partial charge is 0.319 e. The molecular weight excluding hydrogens is 414 g/mol. The third-order valence-corrected chi connectivity index (χ3v) is 5.13. The van der Waals surface area contributed by atoms with E-state index in [2.05, 4.69) is 33.1 Å². The molecule has 0 fully saturated rings. The molecule has 0 aliphatic heterocycles. The summed E-state index contributed by atoms with van der Waals surface area (Å²) in [4.78, 5) is 29.0. The fourth-order valence-electron chi connectivity index (χ4n) is 3.44. The Labute approximate surface area is 192 Å². The molecule has 0 saturated heterocycles. The number of nitrogens with one attached hydrogen (secondary N) is 3. The minimum atomic E-state index is -0.329. The Morgan fingerprint density at radius 2 is 1.55 bits per heavy atom. The fourth-order valence-corrected chi connectivity index (χ4v) is 3.44. The molecule has 0 aliphatic carbocycles. The highest BCUT2D eigenvalue weighted by molar-refractivity contribution is 6.03. The topological polar surface area (TPSA) is 88.1 Å². The van der Waals surface area contributed by atoms with Crippen LogP contribution in [0.4, 0.5) is 16.2 Å². The number of nitrogens with zero attached hydrogens (tertiary/aromatic N) is 2. The van der Waals surface area contributed by atoms with E-state index in [0.29, 0.717) is 30.2 Å². The number of amides is 3. The number of carbonyl (C=O) groups is 2. The van der Waals surface area contributed by atoms with Crippen LogP contribution in [-0.2, 0) is 19.5 Å². The molecular formula is C26H25N5O2. The Hall–Kier alpha value is -4.39. The van der Waals surface area contributed by atoms with E-state index < -0.39 is 0 Å². The number of urea groups is 1. The first-order valence-corrected chi connectivity index (χ1v) is 10.7. The van der Waals surface area contributed by atoms with Crippen molar-refractivity contribution in [3.63, 3.8) is 0 Å². The third-order valence-electron chi connectivity index (χ3n) is 5.13. The standard InChI is InChI=1S/C26H25N5O2/c32-25(24-10-5-16-31(24)17-13-20-6-2-1-3-7-20)29-22-8-4-9-23(18-22)30-26(33)28-19-21-11-14-27-15-12-21/h1-12,14-16,18H,13,17,19H2,(H,29,32)(H2,28,30,33). The third kappa shape index (κ3) is 6.30. The molecule has 2 aromatic heterocycles. The van der Waals surface area contributed by atoms with Crippen LogP contribution in [0.3, 0.4) is 0 Å². The van der Waals surface area contributed by atoms with Gasteiger partial charge in [0.05, 0.1) is 0 Å². The lowest BCUT2D eigenvalue weighted by Gasteiger charge is -2.12. The van der Waals surface area contributed by atoms with Crippen LogP contribution in [0, 0.1) is 0 Å². The van der Waals surface area contributed by atoms with Gasteiger partial charge in [-0.1, -0.05) is 36.4 Å². The summed E-state index contributed by atoms with van der Waals surface area (Å²) in [5.41, 5.74) is 3.94. The molecule has 7 nitrogen and oxygen atoms in total. The molecule has 0 saturated carbocycles. The van der Waals surface area contributed by atoms with Crippen LogP contribution in [-0.4, -0.2) is 21.5 Å². The van der Waals surface area contributed by atoms with Crippen LogP contribution in [0.25, 0.3) is 0 Å². The van der Waals surface area contributed by atoms with E-state index in [0.717, 1.165) is 12.0 Å². The number of pyridine rings is 1. The Kier molecular flexibility index (Phi) is 7.12. The van der Waals surface area contributed by atoms with Crippen LogP contribution in [0.5, 0.6) is 0 Å². The van der Waals surface area contributed by atoms with Crippen LogP contribution in [0.2, 0.25) is 0 Å². The highest BCUT2D eigenvalue weighted by atomic mass is 16.2. The zero-order valence-electron chi connectivity index (χ0n) is 18.1.